The van der Waals surface area contributed by atoms with Gasteiger partial charge in [-0.25, -0.2) is 15.0 Å². The second-order valence-corrected chi connectivity index (χ2v) is 14.4. The molecule has 0 fully saturated rings. The summed E-state index contributed by atoms with van der Waals surface area (Å²) in [5.41, 5.74) is 11.1. The fourth-order valence-corrected chi connectivity index (χ4v) is 8.17. The van der Waals surface area contributed by atoms with Crippen molar-refractivity contribution < 1.29 is 4.42 Å². The number of para-hydroxylation sites is 1. The highest BCUT2D eigenvalue weighted by Gasteiger charge is 2.19. The first-order valence-electron chi connectivity index (χ1n) is 19.2. The lowest BCUT2D eigenvalue weighted by Crippen LogP contribution is -2.01. The summed E-state index contributed by atoms with van der Waals surface area (Å²) in [5, 5.41) is 6.83. The van der Waals surface area contributed by atoms with Gasteiger partial charge in [0.15, 0.2) is 17.5 Å². The summed E-state index contributed by atoms with van der Waals surface area (Å²) >= 11 is 0. The number of benzene rings is 9. The lowest BCUT2D eigenvalue weighted by molar-refractivity contribution is 0.669. The predicted octanol–water partition coefficient (Wildman–Crippen LogP) is 14.1. The minimum Gasteiger partial charge on any atom is -0.456 e. The maximum atomic E-state index is 6.31. The molecule has 0 saturated carbocycles. The standard InChI is InChI=1S/C53H33N3O/c1-2-14-34(15-3-1)41-32-37-18-6-7-21-42(37)47(33-41)38-19-12-20-39(31-38)51-54-52(40-29-28-35-16-4-5-17-36(35)30-40)56-53(55-51)45-23-9-8-22-43(45)44-25-13-27-49-50(44)46-24-10-11-26-48(46)57-49/h1-33H. The van der Waals surface area contributed by atoms with Crippen LogP contribution in [0.2, 0.25) is 0 Å². The van der Waals surface area contributed by atoms with Crippen LogP contribution in [-0.4, -0.2) is 15.0 Å². The van der Waals surface area contributed by atoms with E-state index in [1.54, 1.807) is 0 Å². The molecule has 0 bridgehead atoms. The van der Waals surface area contributed by atoms with Gasteiger partial charge < -0.3 is 4.42 Å². The largest absolute Gasteiger partial charge is 0.456 e. The Labute approximate surface area is 329 Å². The fraction of sp³-hybridized carbons (Fsp3) is 0. The molecule has 9 aromatic carbocycles. The van der Waals surface area contributed by atoms with E-state index in [1.807, 2.05) is 18.2 Å². The van der Waals surface area contributed by atoms with Crippen molar-refractivity contribution >= 4 is 43.5 Å². The number of rotatable bonds is 6. The van der Waals surface area contributed by atoms with E-state index in [2.05, 4.69) is 182 Å². The van der Waals surface area contributed by atoms with Crippen molar-refractivity contribution in [2.24, 2.45) is 0 Å². The van der Waals surface area contributed by atoms with E-state index in [4.69, 9.17) is 19.4 Å². The van der Waals surface area contributed by atoms with Crippen LogP contribution in [0.4, 0.5) is 0 Å². The molecule has 0 amide bonds. The molecule has 0 saturated heterocycles. The molecule has 4 nitrogen and oxygen atoms in total. The Bertz CT molecular complexity index is 3310. The van der Waals surface area contributed by atoms with E-state index in [9.17, 15) is 0 Å². The van der Waals surface area contributed by atoms with Gasteiger partial charge in [-0.2, -0.15) is 0 Å². The first-order chi connectivity index (χ1) is 28.2. The first-order valence-corrected chi connectivity index (χ1v) is 19.2. The normalized spacial score (nSPS) is 11.5. The van der Waals surface area contributed by atoms with Gasteiger partial charge in [0, 0.05) is 27.5 Å². The third-order valence-electron chi connectivity index (χ3n) is 10.9. The van der Waals surface area contributed by atoms with Crippen molar-refractivity contribution in [2.45, 2.75) is 0 Å². The van der Waals surface area contributed by atoms with Crippen LogP contribution >= 0.6 is 0 Å². The summed E-state index contributed by atoms with van der Waals surface area (Å²) in [6.07, 6.45) is 0. The van der Waals surface area contributed by atoms with Crippen LogP contribution in [0.3, 0.4) is 0 Å². The molecule has 0 aliphatic carbocycles. The van der Waals surface area contributed by atoms with Gasteiger partial charge in [-0.3, -0.25) is 0 Å². The zero-order chi connectivity index (χ0) is 37.7. The maximum Gasteiger partial charge on any atom is 0.164 e. The summed E-state index contributed by atoms with van der Waals surface area (Å²) < 4.78 is 6.31. The lowest BCUT2D eigenvalue weighted by Gasteiger charge is -2.14. The third kappa shape index (κ3) is 5.83. The summed E-state index contributed by atoms with van der Waals surface area (Å²) in [6.45, 7) is 0. The number of fused-ring (bicyclic) bond motifs is 5. The second kappa shape index (κ2) is 13.6. The fourth-order valence-electron chi connectivity index (χ4n) is 8.17. The zero-order valence-corrected chi connectivity index (χ0v) is 30.8. The van der Waals surface area contributed by atoms with Crippen LogP contribution in [-0.2, 0) is 0 Å². The third-order valence-corrected chi connectivity index (χ3v) is 10.9. The van der Waals surface area contributed by atoms with E-state index in [0.717, 1.165) is 66.3 Å². The summed E-state index contributed by atoms with van der Waals surface area (Å²) in [4.78, 5) is 15.8. The van der Waals surface area contributed by atoms with E-state index in [-0.39, 0.29) is 0 Å². The summed E-state index contributed by atoms with van der Waals surface area (Å²) in [6, 6.07) is 70.0. The molecular weight excluding hydrogens is 695 g/mol. The minimum absolute atomic E-state index is 0.602. The molecule has 11 aromatic rings. The lowest BCUT2D eigenvalue weighted by atomic mass is 9.92. The smallest absolute Gasteiger partial charge is 0.164 e. The Morgan fingerprint density at radius 3 is 1.72 bits per heavy atom. The van der Waals surface area contributed by atoms with Crippen molar-refractivity contribution in [2.75, 3.05) is 0 Å². The molecule has 11 rings (SSSR count). The van der Waals surface area contributed by atoms with Gasteiger partial charge >= 0.3 is 0 Å². The Hall–Kier alpha value is -7.69. The molecule has 266 valence electrons. The number of hydrogen-bond donors (Lipinski definition) is 0. The number of nitrogens with zero attached hydrogens (tertiary/aromatic N) is 3. The van der Waals surface area contributed by atoms with E-state index in [0.29, 0.717) is 17.5 Å². The molecule has 0 atom stereocenters. The average molecular weight is 728 g/mol. The SMILES string of the molecule is c1ccc(-c2cc(-c3cccc(-c4nc(-c5ccc6ccccc6c5)nc(-c5ccccc5-c5cccc6oc7ccccc7c56)n4)c3)c3ccccc3c2)cc1. The van der Waals surface area contributed by atoms with Crippen LogP contribution < -0.4 is 0 Å². The molecule has 2 aromatic heterocycles. The van der Waals surface area contributed by atoms with Gasteiger partial charge in [-0.05, 0) is 91.3 Å². The van der Waals surface area contributed by atoms with Crippen LogP contribution in [0, 0.1) is 0 Å². The Morgan fingerprint density at radius 2 is 0.860 bits per heavy atom. The molecule has 57 heavy (non-hydrogen) atoms. The van der Waals surface area contributed by atoms with Crippen LogP contribution in [0.5, 0.6) is 0 Å². The molecule has 0 N–H and O–H groups in total. The van der Waals surface area contributed by atoms with Gasteiger partial charge in [-0.15, -0.1) is 0 Å². The summed E-state index contributed by atoms with van der Waals surface area (Å²) in [5.74, 6) is 1.82. The van der Waals surface area contributed by atoms with Crippen molar-refractivity contribution in [1.82, 2.24) is 15.0 Å². The van der Waals surface area contributed by atoms with Crippen molar-refractivity contribution in [3.05, 3.63) is 200 Å². The monoisotopic (exact) mass is 727 g/mol. The van der Waals surface area contributed by atoms with Gasteiger partial charge in [0.1, 0.15) is 11.2 Å². The molecule has 4 heteroatoms. The van der Waals surface area contributed by atoms with Gasteiger partial charge in [0.2, 0.25) is 0 Å². The second-order valence-electron chi connectivity index (χ2n) is 14.4. The maximum absolute atomic E-state index is 6.31. The number of furan rings is 1. The van der Waals surface area contributed by atoms with Gasteiger partial charge in [0.05, 0.1) is 0 Å². The Balaban J connectivity index is 1.12. The quantitative estimate of drug-likeness (QED) is 0.171. The minimum atomic E-state index is 0.602. The summed E-state index contributed by atoms with van der Waals surface area (Å²) in [7, 11) is 0. The average Bonchev–Trinajstić information content (AvgIpc) is 3.68. The van der Waals surface area contributed by atoms with E-state index in [1.165, 1.54) is 27.3 Å². The Morgan fingerprint density at radius 1 is 0.281 bits per heavy atom. The number of hydrogen-bond acceptors (Lipinski definition) is 4. The predicted molar refractivity (Wildman–Crippen MR) is 235 cm³/mol. The molecule has 0 unspecified atom stereocenters. The van der Waals surface area contributed by atoms with Gasteiger partial charge in [0.25, 0.3) is 0 Å². The van der Waals surface area contributed by atoms with Crippen LogP contribution in [0.15, 0.2) is 205 Å². The molecule has 2 heterocycles. The van der Waals surface area contributed by atoms with Crippen molar-refractivity contribution in [1.29, 1.82) is 0 Å². The van der Waals surface area contributed by atoms with Crippen LogP contribution in [0.1, 0.15) is 0 Å². The van der Waals surface area contributed by atoms with Crippen LogP contribution in [0.25, 0.3) is 111 Å². The molecule has 0 spiro atoms. The topological polar surface area (TPSA) is 51.8 Å². The molecule has 0 aliphatic rings. The van der Waals surface area contributed by atoms with E-state index >= 15 is 0 Å². The highest BCUT2D eigenvalue weighted by Crippen LogP contribution is 2.41. The van der Waals surface area contributed by atoms with Crippen molar-refractivity contribution in [3.8, 4) is 67.5 Å². The highest BCUT2D eigenvalue weighted by molar-refractivity contribution is 6.13. The molecular formula is C53H33N3O. The zero-order valence-electron chi connectivity index (χ0n) is 30.8. The Kier molecular flexibility index (Phi) is 7.78. The molecule has 0 radical (unpaired) electrons. The van der Waals surface area contributed by atoms with Crippen molar-refractivity contribution in [3.63, 3.8) is 0 Å². The van der Waals surface area contributed by atoms with Gasteiger partial charge in [-0.1, -0.05) is 164 Å². The first kappa shape index (κ1) is 32.7. The highest BCUT2D eigenvalue weighted by atomic mass is 16.3. The molecule has 0 aliphatic heterocycles. The number of aromatic nitrogens is 3. The van der Waals surface area contributed by atoms with E-state index < -0.39 is 0 Å².